The van der Waals surface area contributed by atoms with Gasteiger partial charge in [-0.05, 0) is 60.4 Å². The molecule has 3 heteroatoms. The van der Waals surface area contributed by atoms with Crippen molar-refractivity contribution in [3.8, 4) is 5.75 Å². The van der Waals surface area contributed by atoms with Crippen LogP contribution in [0.15, 0.2) is 36.4 Å². The Labute approximate surface area is 127 Å². The van der Waals surface area contributed by atoms with E-state index in [1.54, 1.807) is 7.11 Å². The average molecular weight is 340 g/mol. The van der Waals surface area contributed by atoms with Crippen LogP contribution in [0.4, 0.5) is 0 Å². The van der Waals surface area contributed by atoms with Gasteiger partial charge in [0.2, 0.25) is 0 Å². The van der Waals surface area contributed by atoms with Gasteiger partial charge in [-0.25, -0.2) is 0 Å². The molecule has 0 aliphatic rings. The topological polar surface area (TPSA) is 9.23 Å². The molecule has 0 aliphatic carbocycles. The summed E-state index contributed by atoms with van der Waals surface area (Å²) in [5, 5.41) is 0.760. The highest BCUT2D eigenvalue weighted by atomic mass is 79.9. The number of hydrogen-bond donors (Lipinski definition) is 0. The van der Waals surface area contributed by atoms with Crippen molar-refractivity contribution in [2.24, 2.45) is 0 Å². The smallest absolute Gasteiger partial charge is 0.119 e. The molecule has 0 N–H and O–H groups in total. The average Bonchev–Trinajstić information content (AvgIpc) is 2.40. The molecule has 2 aromatic rings. The number of methoxy groups -OCH3 is 1. The molecule has 1 nitrogen and oxygen atoms in total. The van der Waals surface area contributed by atoms with Crippen molar-refractivity contribution in [3.05, 3.63) is 63.7 Å². The van der Waals surface area contributed by atoms with Crippen LogP contribution in [0.1, 0.15) is 27.1 Å². The zero-order valence-electron chi connectivity index (χ0n) is 11.2. The third-order valence-corrected chi connectivity index (χ3v) is 4.49. The molecule has 1 unspecified atom stereocenters. The maximum atomic E-state index is 6.09. The summed E-state index contributed by atoms with van der Waals surface area (Å²) in [5.74, 6) is 0.878. The van der Waals surface area contributed by atoms with Crippen molar-refractivity contribution < 1.29 is 4.74 Å². The summed E-state index contributed by atoms with van der Waals surface area (Å²) < 4.78 is 5.24. The fourth-order valence-electron chi connectivity index (χ4n) is 2.11. The number of aryl methyl sites for hydroxylation is 2. The molecule has 0 aromatic heterocycles. The highest BCUT2D eigenvalue weighted by Crippen LogP contribution is 2.36. The molecule has 0 saturated heterocycles. The van der Waals surface area contributed by atoms with Gasteiger partial charge in [0.1, 0.15) is 5.75 Å². The minimum absolute atomic E-state index is 0.136. The zero-order valence-corrected chi connectivity index (χ0v) is 13.5. The van der Waals surface area contributed by atoms with Gasteiger partial charge in [0.25, 0.3) is 0 Å². The first-order valence-electron chi connectivity index (χ1n) is 6.07. The SMILES string of the molecule is COc1ccc(C(Br)c2cc(Cl)ccc2C)c(C)c1. The largest absolute Gasteiger partial charge is 0.497 e. The van der Waals surface area contributed by atoms with E-state index in [1.807, 2.05) is 30.3 Å². The summed E-state index contributed by atoms with van der Waals surface area (Å²) in [7, 11) is 1.68. The summed E-state index contributed by atoms with van der Waals surface area (Å²) in [4.78, 5) is 0.136. The highest BCUT2D eigenvalue weighted by Gasteiger charge is 2.15. The van der Waals surface area contributed by atoms with E-state index >= 15 is 0 Å². The molecular weight excluding hydrogens is 324 g/mol. The van der Waals surface area contributed by atoms with Crippen molar-refractivity contribution in [1.29, 1.82) is 0 Å². The van der Waals surface area contributed by atoms with E-state index in [9.17, 15) is 0 Å². The standard InChI is InChI=1S/C16H16BrClO/c1-10-4-5-12(18)9-15(10)16(17)14-7-6-13(19-3)8-11(14)2/h4-9,16H,1-3H3. The van der Waals surface area contributed by atoms with Crippen LogP contribution in [0.3, 0.4) is 0 Å². The lowest BCUT2D eigenvalue weighted by Gasteiger charge is -2.17. The predicted molar refractivity (Wildman–Crippen MR) is 84.7 cm³/mol. The van der Waals surface area contributed by atoms with Crippen molar-refractivity contribution in [2.75, 3.05) is 7.11 Å². The Morgan fingerprint density at radius 2 is 1.74 bits per heavy atom. The Hall–Kier alpha value is -0.990. The van der Waals surface area contributed by atoms with Crippen LogP contribution in [0, 0.1) is 13.8 Å². The van der Waals surface area contributed by atoms with Crippen LogP contribution in [0.5, 0.6) is 5.75 Å². The Morgan fingerprint density at radius 1 is 1.00 bits per heavy atom. The van der Waals surface area contributed by atoms with Gasteiger partial charge in [0.05, 0.1) is 11.9 Å². The number of rotatable bonds is 3. The molecule has 0 heterocycles. The summed E-state index contributed by atoms with van der Waals surface area (Å²) >= 11 is 9.87. The van der Waals surface area contributed by atoms with E-state index < -0.39 is 0 Å². The lowest BCUT2D eigenvalue weighted by atomic mass is 9.97. The second kappa shape index (κ2) is 5.98. The number of hydrogen-bond acceptors (Lipinski definition) is 1. The van der Waals surface area contributed by atoms with Gasteiger partial charge in [-0.15, -0.1) is 0 Å². The molecule has 2 rings (SSSR count). The Kier molecular flexibility index (Phi) is 4.54. The second-order valence-corrected chi connectivity index (χ2v) is 5.94. The van der Waals surface area contributed by atoms with Crippen LogP contribution in [-0.2, 0) is 0 Å². The number of alkyl halides is 1. The molecule has 0 spiro atoms. The number of benzene rings is 2. The van der Waals surface area contributed by atoms with Crippen LogP contribution in [0.25, 0.3) is 0 Å². The van der Waals surface area contributed by atoms with E-state index in [4.69, 9.17) is 16.3 Å². The molecule has 0 radical (unpaired) electrons. The Balaban J connectivity index is 2.43. The van der Waals surface area contributed by atoms with Gasteiger partial charge < -0.3 is 4.74 Å². The van der Waals surface area contributed by atoms with E-state index in [1.165, 1.54) is 22.3 Å². The van der Waals surface area contributed by atoms with Crippen LogP contribution < -0.4 is 4.74 Å². The normalized spacial score (nSPS) is 12.3. The molecular formula is C16H16BrClO. The minimum atomic E-state index is 0.136. The Bertz CT molecular complexity index is 595. The molecule has 0 saturated carbocycles. The third-order valence-electron chi connectivity index (χ3n) is 3.26. The fraction of sp³-hybridized carbons (Fsp3) is 0.250. The van der Waals surface area contributed by atoms with Crippen molar-refractivity contribution >= 4 is 27.5 Å². The van der Waals surface area contributed by atoms with E-state index in [-0.39, 0.29) is 4.83 Å². The van der Waals surface area contributed by atoms with Gasteiger partial charge in [-0.2, -0.15) is 0 Å². The fourth-order valence-corrected chi connectivity index (χ4v) is 3.30. The van der Waals surface area contributed by atoms with Crippen molar-refractivity contribution in [3.63, 3.8) is 0 Å². The lowest BCUT2D eigenvalue weighted by Crippen LogP contribution is -1.99. The van der Waals surface area contributed by atoms with Crippen molar-refractivity contribution in [1.82, 2.24) is 0 Å². The van der Waals surface area contributed by atoms with Crippen LogP contribution >= 0.6 is 27.5 Å². The first kappa shape index (κ1) is 14.4. The monoisotopic (exact) mass is 338 g/mol. The minimum Gasteiger partial charge on any atom is -0.497 e. The third kappa shape index (κ3) is 3.13. The summed E-state index contributed by atoms with van der Waals surface area (Å²) in [6.45, 7) is 4.19. The van der Waals surface area contributed by atoms with Gasteiger partial charge in [-0.1, -0.05) is 39.7 Å². The maximum Gasteiger partial charge on any atom is 0.119 e. The van der Waals surface area contributed by atoms with Crippen LogP contribution in [-0.4, -0.2) is 7.11 Å². The molecule has 0 aliphatic heterocycles. The van der Waals surface area contributed by atoms with E-state index in [2.05, 4.69) is 35.8 Å². The maximum absolute atomic E-state index is 6.09. The molecule has 1 atom stereocenters. The van der Waals surface area contributed by atoms with E-state index in [0.29, 0.717) is 0 Å². The summed E-state index contributed by atoms with van der Waals surface area (Å²) in [6, 6.07) is 12.1. The molecule has 0 bridgehead atoms. The molecule has 19 heavy (non-hydrogen) atoms. The first-order chi connectivity index (χ1) is 9.02. The summed E-state index contributed by atoms with van der Waals surface area (Å²) in [6.07, 6.45) is 0. The summed E-state index contributed by atoms with van der Waals surface area (Å²) in [5.41, 5.74) is 4.84. The van der Waals surface area contributed by atoms with Gasteiger partial charge in [-0.3, -0.25) is 0 Å². The first-order valence-corrected chi connectivity index (χ1v) is 7.37. The predicted octanol–water partition coefficient (Wildman–Crippen LogP) is 5.45. The van der Waals surface area contributed by atoms with Crippen molar-refractivity contribution in [2.45, 2.75) is 18.7 Å². The van der Waals surface area contributed by atoms with Gasteiger partial charge in [0.15, 0.2) is 0 Å². The Morgan fingerprint density at radius 3 is 2.37 bits per heavy atom. The lowest BCUT2D eigenvalue weighted by molar-refractivity contribution is 0.414. The number of halogens is 2. The molecule has 0 amide bonds. The quantitative estimate of drug-likeness (QED) is 0.676. The second-order valence-electron chi connectivity index (χ2n) is 4.59. The molecule has 0 fully saturated rings. The molecule has 100 valence electrons. The zero-order chi connectivity index (χ0) is 14.0. The molecule has 2 aromatic carbocycles. The van der Waals surface area contributed by atoms with Crippen LogP contribution in [0.2, 0.25) is 5.02 Å². The van der Waals surface area contributed by atoms with Gasteiger partial charge >= 0.3 is 0 Å². The number of ether oxygens (including phenoxy) is 1. The highest BCUT2D eigenvalue weighted by molar-refractivity contribution is 9.09. The van der Waals surface area contributed by atoms with E-state index in [0.717, 1.165) is 10.8 Å². The van der Waals surface area contributed by atoms with Gasteiger partial charge in [0, 0.05) is 5.02 Å².